The molecular formula is C12H11F2NO3. The van der Waals surface area contributed by atoms with Crippen molar-refractivity contribution in [3.05, 3.63) is 36.4 Å². The highest BCUT2D eigenvalue weighted by atomic mass is 19.3. The smallest absolute Gasteiger partial charge is 0.395 e. The van der Waals surface area contributed by atoms with Crippen LogP contribution in [-0.4, -0.2) is 24.1 Å². The fraction of sp³-hybridized carbons (Fsp3) is 0.250. The summed E-state index contributed by atoms with van der Waals surface area (Å²) in [4.78, 5) is 12.7. The van der Waals surface area contributed by atoms with Crippen LogP contribution in [0.4, 0.5) is 8.78 Å². The summed E-state index contributed by atoms with van der Waals surface area (Å²) in [6.45, 7) is 3.64. The molecule has 0 fully saturated rings. The van der Waals surface area contributed by atoms with Gasteiger partial charge in [0.1, 0.15) is 0 Å². The fourth-order valence-electron chi connectivity index (χ4n) is 1.60. The van der Waals surface area contributed by atoms with E-state index in [2.05, 4.69) is 16.1 Å². The van der Waals surface area contributed by atoms with Crippen LogP contribution in [0.25, 0.3) is 0 Å². The summed E-state index contributed by atoms with van der Waals surface area (Å²) < 4.78 is 34.2. The zero-order valence-electron chi connectivity index (χ0n) is 9.65. The number of hydrogen-bond acceptors (Lipinski definition) is 3. The largest absolute Gasteiger partial charge is 0.586 e. The summed E-state index contributed by atoms with van der Waals surface area (Å²) in [5, 5.41) is 0. The van der Waals surface area contributed by atoms with Crippen LogP contribution >= 0.6 is 0 Å². The van der Waals surface area contributed by atoms with Crippen LogP contribution in [-0.2, 0) is 11.3 Å². The van der Waals surface area contributed by atoms with Gasteiger partial charge in [-0.2, -0.15) is 0 Å². The SMILES string of the molecule is C=CC(=O)N(C)Cc1ccc2c(c1)OC(F)(F)O2. The molecule has 0 aromatic heterocycles. The number of alkyl halides is 2. The van der Waals surface area contributed by atoms with Crippen molar-refractivity contribution in [2.75, 3.05) is 7.05 Å². The second-order valence-corrected chi connectivity index (χ2v) is 3.85. The van der Waals surface area contributed by atoms with Gasteiger partial charge in [0.25, 0.3) is 0 Å². The normalized spacial score (nSPS) is 15.3. The third kappa shape index (κ3) is 2.42. The minimum Gasteiger partial charge on any atom is -0.395 e. The van der Waals surface area contributed by atoms with E-state index in [-0.39, 0.29) is 24.0 Å². The van der Waals surface area contributed by atoms with Gasteiger partial charge >= 0.3 is 6.29 Å². The topological polar surface area (TPSA) is 38.8 Å². The Morgan fingerprint density at radius 2 is 2.11 bits per heavy atom. The number of likely N-dealkylation sites (N-methyl/N-ethyl adjacent to an activating group) is 1. The monoisotopic (exact) mass is 255 g/mol. The van der Waals surface area contributed by atoms with Crippen molar-refractivity contribution in [1.82, 2.24) is 4.90 Å². The molecule has 96 valence electrons. The van der Waals surface area contributed by atoms with E-state index in [1.54, 1.807) is 13.1 Å². The molecule has 0 bridgehead atoms. The molecule has 1 aliphatic heterocycles. The van der Waals surface area contributed by atoms with Gasteiger partial charge in [0.2, 0.25) is 5.91 Å². The van der Waals surface area contributed by atoms with Crippen LogP contribution in [0.3, 0.4) is 0 Å². The molecule has 18 heavy (non-hydrogen) atoms. The molecule has 1 aromatic rings. The summed E-state index contributed by atoms with van der Waals surface area (Å²) >= 11 is 0. The van der Waals surface area contributed by atoms with Crippen LogP contribution in [0.1, 0.15) is 5.56 Å². The highest BCUT2D eigenvalue weighted by molar-refractivity contribution is 5.86. The second-order valence-electron chi connectivity index (χ2n) is 3.85. The average Bonchev–Trinajstić information content (AvgIpc) is 2.61. The minimum atomic E-state index is -3.62. The van der Waals surface area contributed by atoms with Gasteiger partial charge in [0.15, 0.2) is 11.5 Å². The summed E-state index contributed by atoms with van der Waals surface area (Å²) in [5.41, 5.74) is 0.660. The van der Waals surface area contributed by atoms with E-state index in [0.717, 1.165) is 0 Å². The number of ether oxygens (including phenoxy) is 2. The molecule has 1 aliphatic rings. The second kappa shape index (κ2) is 4.29. The molecule has 6 heteroatoms. The maximum Gasteiger partial charge on any atom is 0.586 e. The molecule has 0 saturated carbocycles. The predicted octanol–water partition coefficient (Wildman–Crippen LogP) is 2.15. The number of halogens is 2. The zero-order valence-corrected chi connectivity index (χ0v) is 9.65. The van der Waals surface area contributed by atoms with Crippen LogP contribution in [0.2, 0.25) is 0 Å². The van der Waals surface area contributed by atoms with E-state index in [0.29, 0.717) is 5.56 Å². The number of carbonyl (C=O) groups is 1. The van der Waals surface area contributed by atoms with Gasteiger partial charge in [-0.25, -0.2) is 0 Å². The molecule has 1 amide bonds. The van der Waals surface area contributed by atoms with E-state index in [1.165, 1.54) is 23.1 Å². The van der Waals surface area contributed by atoms with E-state index >= 15 is 0 Å². The Bertz CT molecular complexity index is 502. The van der Waals surface area contributed by atoms with Crippen LogP contribution in [0, 0.1) is 0 Å². The molecule has 0 aliphatic carbocycles. The lowest BCUT2D eigenvalue weighted by Crippen LogP contribution is -2.26. The van der Waals surface area contributed by atoms with Crippen molar-refractivity contribution >= 4 is 5.91 Å². The number of hydrogen-bond donors (Lipinski definition) is 0. The fourth-order valence-corrected chi connectivity index (χ4v) is 1.60. The lowest BCUT2D eigenvalue weighted by Gasteiger charge is -2.14. The Morgan fingerprint density at radius 3 is 2.78 bits per heavy atom. The Balaban J connectivity index is 2.14. The van der Waals surface area contributed by atoms with Crippen molar-refractivity contribution in [3.63, 3.8) is 0 Å². The first kappa shape index (κ1) is 12.3. The Kier molecular flexibility index (Phi) is 2.94. The highest BCUT2D eigenvalue weighted by Gasteiger charge is 2.43. The lowest BCUT2D eigenvalue weighted by molar-refractivity contribution is -0.286. The van der Waals surface area contributed by atoms with Crippen molar-refractivity contribution in [2.45, 2.75) is 12.8 Å². The third-order valence-electron chi connectivity index (χ3n) is 2.44. The van der Waals surface area contributed by atoms with Gasteiger partial charge in [-0.1, -0.05) is 12.6 Å². The Hall–Kier alpha value is -2.11. The van der Waals surface area contributed by atoms with Gasteiger partial charge in [-0.3, -0.25) is 4.79 Å². The molecule has 2 rings (SSSR count). The molecule has 1 heterocycles. The summed E-state index contributed by atoms with van der Waals surface area (Å²) in [6.07, 6.45) is -2.44. The minimum absolute atomic E-state index is 0.0125. The number of amides is 1. The first-order chi connectivity index (χ1) is 8.41. The molecule has 1 aromatic carbocycles. The number of carbonyl (C=O) groups excluding carboxylic acids is 1. The molecule has 0 N–H and O–H groups in total. The highest BCUT2D eigenvalue weighted by Crippen LogP contribution is 2.41. The Labute approximate surface area is 102 Å². The van der Waals surface area contributed by atoms with Crippen LogP contribution in [0.5, 0.6) is 11.5 Å². The van der Waals surface area contributed by atoms with Crippen LogP contribution in [0.15, 0.2) is 30.9 Å². The zero-order chi connectivity index (χ0) is 13.3. The standard InChI is InChI=1S/C12H11F2NO3/c1-3-11(16)15(2)7-8-4-5-9-10(6-8)18-12(13,14)17-9/h3-6H,1,7H2,2H3. The number of rotatable bonds is 3. The molecule has 0 radical (unpaired) electrons. The van der Waals surface area contributed by atoms with Gasteiger partial charge in [-0.05, 0) is 23.8 Å². The molecule has 0 atom stereocenters. The average molecular weight is 255 g/mol. The molecule has 4 nitrogen and oxygen atoms in total. The van der Waals surface area contributed by atoms with Crippen molar-refractivity contribution in [2.24, 2.45) is 0 Å². The summed E-state index contributed by atoms with van der Waals surface area (Å²) in [5.74, 6) is -0.295. The third-order valence-corrected chi connectivity index (χ3v) is 2.44. The maximum atomic E-state index is 12.8. The molecular weight excluding hydrogens is 244 g/mol. The predicted molar refractivity (Wildman–Crippen MR) is 59.3 cm³/mol. The van der Waals surface area contributed by atoms with Crippen molar-refractivity contribution in [3.8, 4) is 11.5 Å². The maximum absolute atomic E-state index is 12.8. The lowest BCUT2D eigenvalue weighted by atomic mass is 10.2. The quantitative estimate of drug-likeness (QED) is 0.777. The van der Waals surface area contributed by atoms with E-state index in [4.69, 9.17) is 0 Å². The summed E-state index contributed by atoms with van der Waals surface area (Å²) in [6, 6.07) is 4.40. The van der Waals surface area contributed by atoms with Crippen LogP contribution < -0.4 is 9.47 Å². The molecule has 0 saturated heterocycles. The van der Waals surface area contributed by atoms with Gasteiger partial charge in [0.05, 0.1) is 0 Å². The van der Waals surface area contributed by atoms with Crippen molar-refractivity contribution < 1.29 is 23.0 Å². The first-order valence-electron chi connectivity index (χ1n) is 5.17. The van der Waals surface area contributed by atoms with Gasteiger partial charge in [0, 0.05) is 13.6 Å². The van der Waals surface area contributed by atoms with Gasteiger partial charge in [-0.15, -0.1) is 8.78 Å². The number of nitrogens with zero attached hydrogens (tertiary/aromatic N) is 1. The Morgan fingerprint density at radius 1 is 1.44 bits per heavy atom. The number of fused-ring (bicyclic) bond motifs is 1. The van der Waals surface area contributed by atoms with Crippen molar-refractivity contribution in [1.29, 1.82) is 0 Å². The number of benzene rings is 1. The molecule has 0 unspecified atom stereocenters. The van der Waals surface area contributed by atoms with E-state index in [9.17, 15) is 13.6 Å². The summed E-state index contributed by atoms with van der Waals surface area (Å²) in [7, 11) is 1.59. The van der Waals surface area contributed by atoms with E-state index in [1.807, 2.05) is 0 Å². The van der Waals surface area contributed by atoms with E-state index < -0.39 is 6.29 Å². The molecule has 0 spiro atoms. The first-order valence-corrected chi connectivity index (χ1v) is 5.17. The van der Waals surface area contributed by atoms with Gasteiger partial charge < -0.3 is 14.4 Å².